The summed E-state index contributed by atoms with van der Waals surface area (Å²) in [6.07, 6.45) is 3.00. The molecular weight excluding hydrogens is 356 g/mol. The van der Waals surface area contributed by atoms with E-state index in [1.807, 2.05) is 6.07 Å². The van der Waals surface area contributed by atoms with Crippen molar-refractivity contribution in [3.8, 4) is 0 Å². The highest BCUT2D eigenvalue weighted by Gasteiger charge is 2.39. The first-order valence-corrected chi connectivity index (χ1v) is 10.3. The van der Waals surface area contributed by atoms with E-state index in [9.17, 15) is 14.4 Å². The summed E-state index contributed by atoms with van der Waals surface area (Å²) >= 11 is 0. The molecule has 1 aromatic rings. The Morgan fingerprint density at radius 1 is 1.00 bits per heavy atom. The second-order valence-electron chi connectivity index (χ2n) is 8.44. The van der Waals surface area contributed by atoms with Gasteiger partial charge in [-0.25, -0.2) is 0 Å². The summed E-state index contributed by atoms with van der Waals surface area (Å²) in [6, 6.07) is 6.36. The van der Waals surface area contributed by atoms with Crippen LogP contribution in [0.25, 0.3) is 0 Å². The number of rotatable bonds is 3. The monoisotopic (exact) mass is 382 g/mol. The van der Waals surface area contributed by atoms with E-state index in [2.05, 4.69) is 27.7 Å². The number of amides is 3. The topological polar surface area (TPSA) is 81.8 Å². The molecule has 4 aliphatic heterocycles. The van der Waals surface area contributed by atoms with Gasteiger partial charge in [-0.3, -0.25) is 24.6 Å². The number of benzene rings is 1. The van der Waals surface area contributed by atoms with Gasteiger partial charge in [0.25, 0.3) is 5.91 Å². The first-order valence-electron chi connectivity index (χ1n) is 10.3. The molecule has 3 fully saturated rings. The lowest BCUT2D eigenvalue weighted by molar-refractivity contribution is -0.136. The van der Waals surface area contributed by atoms with Crippen LogP contribution in [0.1, 0.15) is 53.1 Å². The number of fused-ring (bicyclic) bond motifs is 1. The fourth-order valence-electron chi connectivity index (χ4n) is 4.98. The van der Waals surface area contributed by atoms with Crippen LogP contribution < -0.4 is 10.6 Å². The zero-order valence-corrected chi connectivity index (χ0v) is 15.9. The van der Waals surface area contributed by atoms with Gasteiger partial charge >= 0.3 is 0 Å². The lowest BCUT2D eigenvalue weighted by Gasteiger charge is -2.42. The van der Waals surface area contributed by atoms with Gasteiger partial charge in [0.2, 0.25) is 11.8 Å². The first kappa shape index (κ1) is 17.8. The molecule has 7 heteroatoms. The van der Waals surface area contributed by atoms with Crippen molar-refractivity contribution in [1.29, 1.82) is 0 Å². The number of imide groups is 1. The smallest absolute Gasteiger partial charge is 0.255 e. The number of piperidine rings is 2. The average Bonchev–Trinajstić information content (AvgIpc) is 2.97. The molecule has 0 aliphatic carbocycles. The Morgan fingerprint density at radius 3 is 2.46 bits per heavy atom. The van der Waals surface area contributed by atoms with Crippen molar-refractivity contribution in [1.82, 2.24) is 20.4 Å². The SMILES string of the molecule is O=C1CCC(N2Cc3cc(C4CCN(C5CNC5)CC4)ccc3C2=O)C(=O)N1. The molecule has 0 saturated carbocycles. The highest BCUT2D eigenvalue weighted by atomic mass is 16.2. The van der Waals surface area contributed by atoms with E-state index in [1.54, 1.807) is 4.90 Å². The van der Waals surface area contributed by atoms with Gasteiger partial charge < -0.3 is 10.2 Å². The first-order chi connectivity index (χ1) is 13.6. The Morgan fingerprint density at radius 2 is 1.79 bits per heavy atom. The molecule has 3 amide bonds. The van der Waals surface area contributed by atoms with Crippen LogP contribution in [0.2, 0.25) is 0 Å². The van der Waals surface area contributed by atoms with Gasteiger partial charge in [-0.1, -0.05) is 12.1 Å². The molecule has 3 saturated heterocycles. The Bertz CT molecular complexity index is 827. The van der Waals surface area contributed by atoms with Crippen LogP contribution in [0, 0.1) is 0 Å². The quantitative estimate of drug-likeness (QED) is 0.749. The highest BCUT2D eigenvalue weighted by Crippen LogP contribution is 2.34. The minimum absolute atomic E-state index is 0.0941. The second-order valence-corrected chi connectivity index (χ2v) is 8.44. The van der Waals surface area contributed by atoms with E-state index in [0.717, 1.165) is 44.6 Å². The van der Waals surface area contributed by atoms with Gasteiger partial charge in [0, 0.05) is 37.7 Å². The van der Waals surface area contributed by atoms with Crippen molar-refractivity contribution >= 4 is 17.7 Å². The maximum atomic E-state index is 12.8. The predicted octanol–water partition coefficient (Wildman–Crippen LogP) is 0.599. The number of hydrogen-bond donors (Lipinski definition) is 2. The van der Waals surface area contributed by atoms with E-state index in [4.69, 9.17) is 0 Å². The van der Waals surface area contributed by atoms with Crippen LogP contribution in [-0.4, -0.2) is 65.8 Å². The zero-order chi connectivity index (χ0) is 19.3. The minimum Gasteiger partial charge on any atom is -0.322 e. The van der Waals surface area contributed by atoms with Gasteiger partial charge in [0.05, 0.1) is 0 Å². The van der Waals surface area contributed by atoms with E-state index in [0.29, 0.717) is 30.5 Å². The number of nitrogens with zero attached hydrogens (tertiary/aromatic N) is 2. The molecule has 0 radical (unpaired) electrons. The molecule has 1 atom stereocenters. The molecule has 28 heavy (non-hydrogen) atoms. The molecule has 5 rings (SSSR count). The number of carbonyl (C=O) groups is 3. The molecule has 0 spiro atoms. The molecule has 2 N–H and O–H groups in total. The van der Waals surface area contributed by atoms with Crippen LogP contribution in [-0.2, 0) is 16.1 Å². The lowest BCUT2D eigenvalue weighted by atomic mass is 9.87. The summed E-state index contributed by atoms with van der Waals surface area (Å²) in [6.45, 7) is 4.95. The molecule has 4 aliphatic rings. The molecule has 7 nitrogen and oxygen atoms in total. The molecule has 4 heterocycles. The summed E-state index contributed by atoms with van der Waals surface area (Å²) in [5.41, 5.74) is 3.02. The molecule has 1 unspecified atom stereocenters. The van der Waals surface area contributed by atoms with Crippen molar-refractivity contribution in [2.24, 2.45) is 0 Å². The van der Waals surface area contributed by atoms with Crippen LogP contribution >= 0.6 is 0 Å². The Balaban J connectivity index is 1.28. The van der Waals surface area contributed by atoms with Crippen LogP contribution in [0.4, 0.5) is 0 Å². The Labute approximate surface area is 164 Å². The van der Waals surface area contributed by atoms with Gasteiger partial charge in [-0.2, -0.15) is 0 Å². The van der Waals surface area contributed by atoms with E-state index < -0.39 is 6.04 Å². The fraction of sp³-hybridized carbons (Fsp3) is 0.571. The summed E-state index contributed by atoms with van der Waals surface area (Å²) in [7, 11) is 0. The summed E-state index contributed by atoms with van der Waals surface area (Å²) in [4.78, 5) is 40.6. The van der Waals surface area contributed by atoms with Crippen LogP contribution in [0.5, 0.6) is 0 Å². The van der Waals surface area contributed by atoms with Gasteiger partial charge in [-0.15, -0.1) is 0 Å². The van der Waals surface area contributed by atoms with Gasteiger partial charge in [-0.05, 0) is 55.5 Å². The molecule has 0 bridgehead atoms. The van der Waals surface area contributed by atoms with Gasteiger partial charge in [0.15, 0.2) is 0 Å². The minimum atomic E-state index is -0.541. The van der Waals surface area contributed by atoms with Crippen molar-refractivity contribution in [3.63, 3.8) is 0 Å². The third-order valence-corrected chi connectivity index (χ3v) is 6.82. The van der Waals surface area contributed by atoms with Crippen molar-refractivity contribution in [3.05, 3.63) is 34.9 Å². The second kappa shape index (κ2) is 6.97. The van der Waals surface area contributed by atoms with E-state index in [1.165, 1.54) is 5.56 Å². The molecule has 1 aromatic carbocycles. The standard InChI is InChI=1S/C21H26N4O3/c26-19-4-3-18(20(27)23-19)25-12-15-9-14(1-2-17(15)21(25)28)13-5-7-24(8-6-13)16-10-22-11-16/h1-2,9,13,16,18,22H,3-8,10-12H2,(H,23,26,27). The highest BCUT2D eigenvalue weighted by molar-refractivity contribution is 6.05. The fourth-order valence-corrected chi connectivity index (χ4v) is 4.98. The third-order valence-electron chi connectivity index (χ3n) is 6.82. The van der Waals surface area contributed by atoms with E-state index >= 15 is 0 Å². The average molecular weight is 382 g/mol. The Kier molecular flexibility index (Phi) is 4.44. The number of hydrogen-bond acceptors (Lipinski definition) is 5. The summed E-state index contributed by atoms with van der Waals surface area (Å²) < 4.78 is 0. The molecule has 148 valence electrons. The van der Waals surface area contributed by atoms with Crippen LogP contribution in [0.3, 0.4) is 0 Å². The lowest BCUT2D eigenvalue weighted by Crippen LogP contribution is -2.58. The van der Waals surface area contributed by atoms with Crippen LogP contribution in [0.15, 0.2) is 18.2 Å². The van der Waals surface area contributed by atoms with E-state index in [-0.39, 0.29) is 24.1 Å². The number of likely N-dealkylation sites (tertiary alicyclic amines) is 1. The maximum absolute atomic E-state index is 12.8. The largest absolute Gasteiger partial charge is 0.322 e. The van der Waals surface area contributed by atoms with Crippen molar-refractivity contribution < 1.29 is 14.4 Å². The maximum Gasteiger partial charge on any atom is 0.255 e. The third kappa shape index (κ3) is 3.02. The van der Waals surface area contributed by atoms with Crippen molar-refractivity contribution in [2.45, 2.75) is 50.2 Å². The summed E-state index contributed by atoms with van der Waals surface area (Å²) in [5.74, 6) is -0.162. The zero-order valence-electron chi connectivity index (χ0n) is 15.9. The molecule has 0 aromatic heterocycles. The molecular formula is C21H26N4O3. The predicted molar refractivity (Wildman–Crippen MR) is 103 cm³/mol. The van der Waals surface area contributed by atoms with Crippen molar-refractivity contribution in [2.75, 3.05) is 26.2 Å². The van der Waals surface area contributed by atoms with Gasteiger partial charge in [0.1, 0.15) is 6.04 Å². The Hall–Kier alpha value is -2.25. The number of nitrogens with one attached hydrogen (secondary N) is 2. The number of carbonyl (C=O) groups excluding carboxylic acids is 3. The summed E-state index contributed by atoms with van der Waals surface area (Å²) in [5, 5.41) is 5.70. The normalized spacial score (nSPS) is 26.9.